The highest BCUT2D eigenvalue weighted by molar-refractivity contribution is 5.78. The number of nitrogens with zero attached hydrogens (tertiary/aromatic N) is 3. The van der Waals surface area contributed by atoms with Crippen molar-refractivity contribution >= 4 is 11.2 Å². The molecule has 2 heterocycles. The largest absolute Gasteiger partial charge is 0.281 e. The molecule has 0 N–H and O–H groups in total. The Morgan fingerprint density at radius 2 is 1.74 bits per heavy atom. The fraction of sp³-hybridized carbons (Fsp3) is 0.400. The summed E-state index contributed by atoms with van der Waals surface area (Å²) in [6.45, 7) is 13.0. The fourth-order valence-corrected chi connectivity index (χ4v) is 3.36. The van der Waals surface area contributed by atoms with Crippen LogP contribution < -0.4 is 0 Å². The zero-order chi connectivity index (χ0) is 16.7. The number of imidazole rings is 1. The van der Waals surface area contributed by atoms with E-state index in [-0.39, 0.29) is 0 Å². The van der Waals surface area contributed by atoms with Gasteiger partial charge in [0.15, 0.2) is 5.65 Å². The number of fused-ring (bicyclic) bond motifs is 1. The van der Waals surface area contributed by atoms with Gasteiger partial charge in [0.05, 0.1) is 0 Å². The SMILES string of the molecule is CCc1nc2c(C)cc(C)nc2n1-c1ccc(C(C)C)c(C)c1. The summed E-state index contributed by atoms with van der Waals surface area (Å²) in [7, 11) is 0. The number of hydrogen-bond acceptors (Lipinski definition) is 2. The van der Waals surface area contributed by atoms with Gasteiger partial charge in [0.2, 0.25) is 0 Å². The van der Waals surface area contributed by atoms with Gasteiger partial charge < -0.3 is 0 Å². The van der Waals surface area contributed by atoms with Crippen LogP contribution in [0.15, 0.2) is 24.3 Å². The summed E-state index contributed by atoms with van der Waals surface area (Å²) in [4.78, 5) is 9.60. The molecule has 1 aromatic carbocycles. The molecule has 2 aromatic heterocycles. The van der Waals surface area contributed by atoms with E-state index in [0.717, 1.165) is 34.8 Å². The van der Waals surface area contributed by atoms with Crippen LogP contribution in [0.2, 0.25) is 0 Å². The van der Waals surface area contributed by atoms with Gasteiger partial charge in [-0.3, -0.25) is 4.57 Å². The van der Waals surface area contributed by atoms with Crippen LogP contribution in [0.3, 0.4) is 0 Å². The molecule has 120 valence electrons. The van der Waals surface area contributed by atoms with E-state index in [2.05, 4.69) is 63.5 Å². The third kappa shape index (κ3) is 2.65. The lowest BCUT2D eigenvalue weighted by Crippen LogP contribution is -2.03. The van der Waals surface area contributed by atoms with Gasteiger partial charge in [-0.2, -0.15) is 0 Å². The monoisotopic (exact) mass is 307 g/mol. The highest BCUT2D eigenvalue weighted by Crippen LogP contribution is 2.27. The Bertz CT molecular complexity index is 872. The van der Waals surface area contributed by atoms with E-state index in [1.54, 1.807) is 0 Å². The van der Waals surface area contributed by atoms with Crippen LogP contribution in [0.4, 0.5) is 0 Å². The lowest BCUT2D eigenvalue weighted by molar-refractivity contribution is 0.851. The standard InChI is InChI=1S/C20H25N3/c1-7-18-22-19-14(5)10-15(6)21-20(19)23(18)16-8-9-17(12(2)3)13(4)11-16/h8-12H,7H2,1-6H3. The van der Waals surface area contributed by atoms with Gasteiger partial charge in [-0.1, -0.05) is 26.8 Å². The molecule has 3 heteroatoms. The predicted molar refractivity (Wildman–Crippen MR) is 96.5 cm³/mol. The number of rotatable bonds is 3. The Hall–Kier alpha value is -2.16. The molecule has 0 unspecified atom stereocenters. The molecule has 0 spiro atoms. The van der Waals surface area contributed by atoms with Crippen molar-refractivity contribution in [2.75, 3.05) is 0 Å². The quantitative estimate of drug-likeness (QED) is 0.679. The van der Waals surface area contributed by atoms with Crippen LogP contribution in [0.1, 0.15) is 54.9 Å². The number of benzene rings is 1. The molecule has 0 radical (unpaired) electrons. The average molecular weight is 307 g/mol. The molecule has 0 amide bonds. The van der Waals surface area contributed by atoms with Crippen molar-refractivity contribution in [2.24, 2.45) is 0 Å². The van der Waals surface area contributed by atoms with Crippen LogP contribution in [-0.2, 0) is 6.42 Å². The topological polar surface area (TPSA) is 30.7 Å². The zero-order valence-electron chi connectivity index (χ0n) is 14.9. The van der Waals surface area contributed by atoms with E-state index in [1.165, 1.54) is 16.7 Å². The molecule has 0 bridgehead atoms. The second-order valence-electron chi connectivity index (χ2n) is 6.67. The van der Waals surface area contributed by atoms with Gasteiger partial charge in [0.25, 0.3) is 0 Å². The van der Waals surface area contributed by atoms with E-state index in [9.17, 15) is 0 Å². The molecule has 23 heavy (non-hydrogen) atoms. The van der Waals surface area contributed by atoms with E-state index in [0.29, 0.717) is 5.92 Å². The molecular weight excluding hydrogens is 282 g/mol. The summed E-state index contributed by atoms with van der Waals surface area (Å²) in [6.07, 6.45) is 0.889. The van der Waals surface area contributed by atoms with Gasteiger partial charge in [0.1, 0.15) is 11.3 Å². The van der Waals surface area contributed by atoms with Crippen molar-refractivity contribution in [3.8, 4) is 5.69 Å². The summed E-state index contributed by atoms with van der Waals surface area (Å²) < 4.78 is 2.21. The Morgan fingerprint density at radius 3 is 2.35 bits per heavy atom. The number of pyridine rings is 1. The molecule has 0 aliphatic heterocycles. The Kier molecular flexibility index (Phi) is 3.97. The fourth-order valence-electron chi connectivity index (χ4n) is 3.36. The maximum absolute atomic E-state index is 4.84. The van der Waals surface area contributed by atoms with E-state index < -0.39 is 0 Å². The molecular formula is C20H25N3. The summed E-state index contributed by atoms with van der Waals surface area (Å²) in [6, 6.07) is 8.80. The first-order valence-corrected chi connectivity index (χ1v) is 8.38. The van der Waals surface area contributed by atoms with Crippen molar-refractivity contribution in [1.82, 2.24) is 14.5 Å². The van der Waals surface area contributed by atoms with Crippen molar-refractivity contribution in [3.05, 3.63) is 52.5 Å². The predicted octanol–water partition coefficient (Wildman–Crippen LogP) is 5.03. The second kappa shape index (κ2) is 5.80. The summed E-state index contributed by atoms with van der Waals surface area (Å²) in [5, 5.41) is 0. The first-order valence-electron chi connectivity index (χ1n) is 8.38. The molecule has 0 aliphatic carbocycles. The van der Waals surface area contributed by atoms with Gasteiger partial charge in [-0.05, 0) is 61.6 Å². The highest BCUT2D eigenvalue weighted by Gasteiger charge is 2.15. The minimum Gasteiger partial charge on any atom is -0.281 e. The summed E-state index contributed by atoms with van der Waals surface area (Å²) in [5.74, 6) is 1.61. The molecule has 0 saturated heterocycles. The van der Waals surface area contributed by atoms with Gasteiger partial charge in [0, 0.05) is 17.8 Å². The molecule has 0 fully saturated rings. The van der Waals surface area contributed by atoms with Crippen LogP contribution in [0.5, 0.6) is 0 Å². The number of aromatic nitrogens is 3. The van der Waals surface area contributed by atoms with Crippen molar-refractivity contribution in [1.29, 1.82) is 0 Å². The Balaban J connectivity index is 2.29. The minimum atomic E-state index is 0.539. The molecule has 3 aromatic rings. The summed E-state index contributed by atoms with van der Waals surface area (Å²) >= 11 is 0. The molecule has 0 saturated carbocycles. The highest BCUT2D eigenvalue weighted by atomic mass is 15.1. The molecule has 0 aliphatic rings. The minimum absolute atomic E-state index is 0.539. The third-order valence-electron chi connectivity index (χ3n) is 4.45. The van der Waals surface area contributed by atoms with Crippen molar-refractivity contribution < 1.29 is 0 Å². The van der Waals surface area contributed by atoms with E-state index >= 15 is 0 Å². The summed E-state index contributed by atoms with van der Waals surface area (Å²) in [5.41, 5.74) is 8.09. The smallest absolute Gasteiger partial charge is 0.165 e. The normalized spacial score (nSPS) is 11.6. The average Bonchev–Trinajstić information content (AvgIpc) is 2.85. The Labute approximate surface area is 138 Å². The molecule has 3 rings (SSSR count). The zero-order valence-corrected chi connectivity index (χ0v) is 14.9. The number of aryl methyl sites for hydroxylation is 4. The second-order valence-corrected chi connectivity index (χ2v) is 6.67. The van der Waals surface area contributed by atoms with Crippen molar-refractivity contribution in [2.45, 2.75) is 53.9 Å². The first-order chi connectivity index (χ1) is 10.9. The third-order valence-corrected chi connectivity index (χ3v) is 4.45. The van der Waals surface area contributed by atoms with Crippen LogP contribution in [-0.4, -0.2) is 14.5 Å². The molecule has 0 atom stereocenters. The van der Waals surface area contributed by atoms with Crippen molar-refractivity contribution in [3.63, 3.8) is 0 Å². The van der Waals surface area contributed by atoms with Gasteiger partial charge in [-0.25, -0.2) is 9.97 Å². The van der Waals surface area contributed by atoms with E-state index in [4.69, 9.17) is 9.97 Å². The van der Waals surface area contributed by atoms with E-state index in [1.807, 2.05) is 6.92 Å². The van der Waals surface area contributed by atoms with Crippen LogP contribution in [0, 0.1) is 20.8 Å². The first kappa shape index (κ1) is 15.7. The number of hydrogen-bond donors (Lipinski definition) is 0. The van der Waals surface area contributed by atoms with Crippen LogP contribution >= 0.6 is 0 Å². The van der Waals surface area contributed by atoms with Gasteiger partial charge in [-0.15, -0.1) is 0 Å². The maximum atomic E-state index is 4.84. The Morgan fingerprint density at radius 1 is 1.00 bits per heavy atom. The maximum Gasteiger partial charge on any atom is 0.165 e. The lowest BCUT2D eigenvalue weighted by atomic mass is 9.97. The van der Waals surface area contributed by atoms with Gasteiger partial charge >= 0.3 is 0 Å². The lowest BCUT2D eigenvalue weighted by Gasteiger charge is -2.14. The van der Waals surface area contributed by atoms with Crippen LogP contribution in [0.25, 0.3) is 16.9 Å². The molecule has 3 nitrogen and oxygen atoms in total.